The number of anilines is 1. The molecule has 4 nitrogen and oxygen atoms in total. The number of ether oxygens (including phenoxy) is 1. The van der Waals surface area contributed by atoms with E-state index in [-0.39, 0.29) is 27.8 Å². The molecule has 0 radical (unpaired) electrons. The molecule has 1 aromatic carbocycles. The summed E-state index contributed by atoms with van der Waals surface area (Å²) in [6.45, 7) is 1.90. The molecule has 0 aliphatic rings. The van der Waals surface area contributed by atoms with Gasteiger partial charge in [0.05, 0.1) is 17.9 Å². The first kappa shape index (κ1) is 15.2. The first-order chi connectivity index (χ1) is 10.0. The fourth-order valence-electron chi connectivity index (χ4n) is 1.58. The van der Waals surface area contributed by atoms with Gasteiger partial charge in [0.2, 0.25) is 0 Å². The summed E-state index contributed by atoms with van der Waals surface area (Å²) < 4.78 is 31.4. The maximum absolute atomic E-state index is 13.6. The van der Waals surface area contributed by atoms with Crippen LogP contribution in [-0.2, 0) is 4.74 Å². The van der Waals surface area contributed by atoms with Crippen LogP contribution in [0.25, 0.3) is 0 Å². The Kier molecular flexibility index (Phi) is 4.74. The van der Waals surface area contributed by atoms with Crippen molar-refractivity contribution in [3.63, 3.8) is 0 Å². The highest BCUT2D eigenvalue weighted by atomic mass is 32.2. The highest BCUT2D eigenvalue weighted by molar-refractivity contribution is 7.99. The summed E-state index contributed by atoms with van der Waals surface area (Å²) in [6.07, 6.45) is 1.38. The van der Waals surface area contributed by atoms with Crippen LogP contribution in [0.15, 0.2) is 40.4 Å². The maximum Gasteiger partial charge on any atom is 0.340 e. The van der Waals surface area contributed by atoms with E-state index >= 15 is 0 Å². The van der Waals surface area contributed by atoms with Gasteiger partial charge >= 0.3 is 5.97 Å². The van der Waals surface area contributed by atoms with E-state index in [1.165, 1.54) is 18.3 Å². The number of benzene rings is 1. The molecule has 0 atom stereocenters. The lowest BCUT2D eigenvalue weighted by Crippen LogP contribution is -2.09. The average Bonchev–Trinajstić information content (AvgIpc) is 2.44. The van der Waals surface area contributed by atoms with Crippen LogP contribution in [-0.4, -0.2) is 17.6 Å². The van der Waals surface area contributed by atoms with Gasteiger partial charge in [-0.1, -0.05) is 11.8 Å². The Morgan fingerprint density at radius 2 is 2.14 bits per heavy atom. The zero-order chi connectivity index (χ0) is 15.4. The summed E-state index contributed by atoms with van der Waals surface area (Å²) in [6, 6.07) is 4.62. The number of rotatable bonds is 4. The van der Waals surface area contributed by atoms with Crippen LogP contribution in [0.5, 0.6) is 0 Å². The Labute approximate surface area is 124 Å². The molecule has 0 bridgehead atoms. The first-order valence-corrected chi connectivity index (χ1v) is 6.89. The summed E-state index contributed by atoms with van der Waals surface area (Å²) in [4.78, 5) is 15.9. The van der Waals surface area contributed by atoms with Gasteiger partial charge in [-0.25, -0.2) is 18.6 Å². The van der Waals surface area contributed by atoms with E-state index in [0.717, 1.165) is 23.9 Å². The van der Waals surface area contributed by atoms with Crippen molar-refractivity contribution >= 4 is 23.4 Å². The molecule has 110 valence electrons. The summed E-state index contributed by atoms with van der Waals surface area (Å²) in [5.41, 5.74) is 6.13. The number of nitrogens with two attached hydrogens (primary N) is 1. The zero-order valence-electron chi connectivity index (χ0n) is 11.1. The summed E-state index contributed by atoms with van der Waals surface area (Å²) in [5.74, 6) is -1.96. The Balaban J connectivity index is 2.32. The van der Waals surface area contributed by atoms with Crippen LogP contribution in [0.3, 0.4) is 0 Å². The van der Waals surface area contributed by atoms with E-state index < -0.39 is 17.6 Å². The lowest BCUT2D eigenvalue weighted by Gasteiger charge is -2.09. The molecule has 21 heavy (non-hydrogen) atoms. The lowest BCUT2D eigenvalue weighted by molar-refractivity contribution is 0.0527. The van der Waals surface area contributed by atoms with Gasteiger partial charge in [0.1, 0.15) is 16.7 Å². The van der Waals surface area contributed by atoms with Crippen molar-refractivity contribution in [3.8, 4) is 0 Å². The molecule has 0 fully saturated rings. The molecular formula is C14H12F2N2O2S. The van der Waals surface area contributed by atoms with E-state index in [1.54, 1.807) is 6.92 Å². The second-order valence-corrected chi connectivity index (χ2v) is 5.01. The SMILES string of the molecule is CCOC(=O)c1ccnc(Sc2ccc(F)cc2F)c1N. The third kappa shape index (κ3) is 3.49. The van der Waals surface area contributed by atoms with Gasteiger partial charge in [-0.2, -0.15) is 0 Å². The molecule has 2 N–H and O–H groups in total. The van der Waals surface area contributed by atoms with Crippen molar-refractivity contribution in [1.82, 2.24) is 4.98 Å². The van der Waals surface area contributed by atoms with Crippen LogP contribution in [0.1, 0.15) is 17.3 Å². The summed E-state index contributed by atoms with van der Waals surface area (Å²) in [5, 5.41) is 0.256. The number of nitrogen functional groups attached to an aromatic ring is 1. The number of carbonyl (C=O) groups is 1. The molecule has 0 spiro atoms. The van der Waals surface area contributed by atoms with Gasteiger partial charge in [-0.15, -0.1) is 0 Å². The largest absolute Gasteiger partial charge is 0.462 e. The highest BCUT2D eigenvalue weighted by Gasteiger charge is 2.16. The number of aromatic nitrogens is 1. The number of hydrogen-bond acceptors (Lipinski definition) is 5. The standard InChI is InChI=1S/C14H12F2N2O2S/c1-2-20-14(19)9-5-6-18-13(12(9)17)21-11-4-3-8(15)7-10(11)16/h3-7H,2,17H2,1H3. The fraction of sp³-hybridized carbons (Fsp3) is 0.143. The molecule has 0 saturated heterocycles. The highest BCUT2D eigenvalue weighted by Crippen LogP contribution is 2.33. The second kappa shape index (κ2) is 6.53. The lowest BCUT2D eigenvalue weighted by atomic mass is 10.2. The van der Waals surface area contributed by atoms with Crippen molar-refractivity contribution in [1.29, 1.82) is 0 Å². The molecule has 1 aromatic heterocycles. The van der Waals surface area contributed by atoms with E-state index in [1.807, 2.05) is 0 Å². The predicted molar refractivity (Wildman–Crippen MR) is 75.1 cm³/mol. The Hall–Kier alpha value is -2.15. The van der Waals surface area contributed by atoms with Crippen LogP contribution in [0, 0.1) is 11.6 Å². The molecule has 0 amide bonds. The Morgan fingerprint density at radius 3 is 2.81 bits per heavy atom. The zero-order valence-corrected chi connectivity index (χ0v) is 11.9. The van der Waals surface area contributed by atoms with Crippen LogP contribution < -0.4 is 5.73 Å². The van der Waals surface area contributed by atoms with E-state index in [2.05, 4.69) is 4.98 Å². The number of esters is 1. The minimum atomic E-state index is -0.720. The average molecular weight is 310 g/mol. The van der Waals surface area contributed by atoms with Crippen molar-refractivity contribution < 1.29 is 18.3 Å². The number of nitrogens with zero attached hydrogens (tertiary/aromatic N) is 1. The molecular weight excluding hydrogens is 298 g/mol. The molecule has 0 saturated carbocycles. The third-order valence-electron chi connectivity index (χ3n) is 2.55. The maximum atomic E-state index is 13.6. The molecule has 0 aliphatic heterocycles. The van der Waals surface area contributed by atoms with Crippen LogP contribution >= 0.6 is 11.8 Å². The molecule has 2 aromatic rings. The van der Waals surface area contributed by atoms with Crippen molar-refractivity contribution in [2.24, 2.45) is 0 Å². The molecule has 0 aliphatic carbocycles. The molecule has 0 unspecified atom stereocenters. The fourth-order valence-corrected chi connectivity index (χ4v) is 2.42. The quantitative estimate of drug-likeness (QED) is 0.878. The second-order valence-electron chi connectivity index (χ2n) is 3.97. The van der Waals surface area contributed by atoms with Crippen molar-refractivity contribution in [2.45, 2.75) is 16.8 Å². The number of carbonyl (C=O) groups excluding carboxylic acids is 1. The summed E-state index contributed by atoms with van der Waals surface area (Å²) >= 11 is 0.914. The van der Waals surface area contributed by atoms with Gasteiger partial charge in [0.25, 0.3) is 0 Å². The summed E-state index contributed by atoms with van der Waals surface area (Å²) in [7, 11) is 0. The smallest absolute Gasteiger partial charge is 0.340 e. The molecule has 1 heterocycles. The van der Waals surface area contributed by atoms with E-state index in [0.29, 0.717) is 0 Å². The molecule has 7 heteroatoms. The van der Waals surface area contributed by atoms with E-state index in [9.17, 15) is 13.6 Å². The van der Waals surface area contributed by atoms with Crippen molar-refractivity contribution in [2.75, 3.05) is 12.3 Å². The van der Waals surface area contributed by atoms with Gasteiger partial charge in [0.15, 0.2) is 0 Å². The van der Waals surface area contributed by atoms with Gasteiger partial charge in [-0.3, -0.25) is 0 Å². The predicted octanol–water partition coefficient (Wildman–Crippen LogP) is 3.27. The van der Waals surface area contributed by atoms with Crippen molar-refractivity contribution in [3.05, 3.63) is 47.7 Å². The number of hydrogen-bond donors (Lipinski definition) is 1. The van der Waals surface area contributed by atoms with Gasteiger partial charge < -0.3 is 10.5 Å². The minimum absolute atomic E-state index is 0.102. The molecule has 2 rings (SSSR count). The number of halogens is 2. The van der Waals surface area contributed by atoms with Gasteiger partial charge in [-0.05, 0) is 25.1 Å². The van der Waals surface area contributed by atoms with Crippen LogP contribution in [0.4, 0.5) is 14.5 Å². The normalized spacial score (nSPS) is 10.4. The van der Waals surface area contributed by atoms with Crippen LogP contribution in [0.2, 0.25) is 0 Å². The monoisotopic (exact) mass is 310 g/mol. The number of pyridine rings is 1. The first-order valence-electron chi connectivity index (χ1n) is 6.07. The van der Waals surface area contributed by atoms with Gasteiger partial charge in [0, 0.05) is 17.2 Å². The Bertz CT molecular complexity index is 680. The third-order valence-corrected chi connectivity index (χ3v) is 3.62. The Morgan fingerprint density at radius 1 is 1.38 bits per heavy atom. The minimum Gasteiger partial charge on any atom is -0.462 e. The van der Waals surface area contributed by atoms with E-state index in [4.69, 9.17) is 10.5 Å². The topological polar surface area (TPSA) is 65.2 Å².